The summed E-state index contributed by atoms with van der Waals surface area (Å²) in [5, 5.41) is 3.03. The quantitative estimate of drug-likeness (QED) is 0.776. The Morgan fingerprint density at radius 1 is 0.862 bits per heavy atom. The van der Waals surface area contributed by atoms with E-state index in [1.807, 2.05) is 38.3 Å². The maximum absolute atomic E-state index is 12.7. The zero-order valence-electron chi connectivity index (χ0n) is 16.8. The molecule has 0 radical (unpaired) electrons. The van der Waals surface area contributed by atoms with Crippen molar-refractivity contribution < 1.29 is 9.59 Å². The number of piperazine rings is 1. The third-order valence-electron chi connectivity index (χ3n) is 5.66. The van der Waals surface area contributed by atoms with Gasteiger partial charge in [0.2, 0.25) is 5.91 Å². The van der Waals surface area contributed by atoms with Crippen LogP contribution in [0, 0.1) is 0 Å². The number of likely N-dealkylation sites (tertiary alicyclic amines) is 1. The Morgan fingerprint density at radius 3 is 2.24 bits per heavy atom. The van der Waals surface area contributed by atoms with Gasteiger partial charge in [-0.05, 0) is 24.8 Å². The van der Waals surface area contributed by atoms with Crippen molar-refractivity contribution >= 4 is 23.3 Å². The highest BCUT2D eigenvalue weighted by molar-refractivity contribution is 7.09. The molecule has 2 fully saturated rings. The van der Waals surface area contributed by atoms with Gasteiger partial charge >= 0.3 is 6.03 Å². The second-order valence-electron chi connectivity index (χ2n) is 7.77. The molecule has 0 bridgehead atoms. The maximum Gasteiger partial charge on any atom is 0.320 e. The van der Waals surface area contributed by atoms with Crippen LogP contribution < -0.4 is 0 Å². The van der Waals surface area contributed by atoms with E-state index < -0.39 is 0 Å². The molecule has 2 aromatic rings. The average Bonchev–Trinajstić information content (AvgIpc) is 3.21. The monoisotopic (exact) mass is 412 g/mol. The van der Waals surface area contributed by atoms with Gasteiger partial charge in [-0.1, -0.05) is 30.3 Å². The lowest BCUT2D eigenvalue weighted by Gasteiger charge is -2.38. The standard InChI is InChI=1S/C22H28N4O2S/c27-21(16-19-17-29-20(23-19)15-18-7-3-1-4-8-18)24-11-13-26(14-12-24)22(28)25-9-5-2-6-10-25/h1,3-4,7-8,17H,2,5-6,9-16H2. The Hall–Kier alpha value is -2.41. The van der Waals surface area contributed by atoms with Gasteiger partial charge in [-0.15, -0.1) is 11.3 Å². The van der Waals surface area contributed by atoms with E-state index in [0.29, 0.717) is 32.6 Å². The lowest BCUT2D eigenvalue weighted by atomic mass is 10.1. The van der Waals surface area contributed by atoms with Gasteiger partial charge in [-0.25, -0.2) is 9.78 Å². The van der Waals surface area contributed by atoms with E-state index in [-0.39, 0.29) is 11.9 Å². The molecule has 2 saturated heterocycles. The molecule has 1 aromatic heterocycles. The van der Waals surface area contributed by atoms with Crippen molar-refractivity contribution in [3.05, 3.63) is 52.0 Å². The summed E-state index contributed by atoms with van der Waals surface area (Å²) in [4.78, 5) is 35.7. The summed E-state index contributed by atoms with van der Waals surface area (Å²) in [5.41, 5.74) is 2.08. The SMILES string of the molecule is O=C(Cc1csc(Cc2ccccc2)n1)N1CCN(C(=O)N2CCCCC2)CC1. The van der Waals surface area contributed by atoms with E-state index in [1.54, 1.807) is 11.3 Å². The Labute approximate surface area is 176 Å². The van der Waals surface area contributed by atoms with Gasteiger partial charge in [0.05, 0.1) is 17.1 Å². The number of nitrogens with zero attached hydrogens (tertiary/aromatic N) is 4. The molecule has 0 N–H and O–H groups in total. The molecular weight excluding hydrogens is 384 g/mol. The Balaban J connectivity index is 1.25. The van der Waals surface area contributed by atoms with Gasteiger partial charge in [-0.2, -0.15) is 0 Å². The lowest BCUT2D eigenvalue weighted by Crippen LogP contribution is -2.54. The zero-order chi connectivity index (χ0) is 20.1. The third kappa shape index (κ3) is 5.15. The van der Waals surface area contributed by atoms with E-state index in [0.717, 1.165) is 43.1 Å². The molecule has 0 saturated carbocycles. The molecule has 2 aliphatic heterocycles. The largest absolute Gasteiger partial charge is 0.339 e. The zero-order valence-corrected chi connectivity index (χ0v) is 17.6. The molecule has 4 rings (SSSR count). The minimum atomic E-state index is 0.103. The van der Waals surface area contributed by atoms with Crippen LogP contribution in [-0.4, -0.2) is 70.9 Å². The minimum Gasteiger partial charge on any atom is -0.339 e. The van der Waals surface area contributed by atoms with Gasteiger partial charge in [-0.3, -0.25) is 4.79 Å². The van der Waals surface area contributed by atoms with Gasteiger partial charge in [0.1, 0.15) is 0 Å². The summed E-state index contributed by atoms with van der Waals surface area (Å²) in [6.45, 7) is 4.20. The normalized spacial score (nSPS) is 17.4. The van der Waals surface area contributed by atoms with E-state index in [9.17, 15) is 9.59 Å². The summed E-state index contributed by atoms with van der Waals surface area (Å²) in [6.07, 6.45) is 4.56. The number of rotatable bonds is 4. The van der Waals surface area contributed by atoms with Gasteiger partial charge in [0.25, 0.3) is 0 Å². The Morgan fingerprint density at radius 2 is 1.52 bits per heavy atom. The first kappa shape index (κ1) is 19.9. The number of amides is 3. The summed E-state index contributed by atoms with van der Waals surface area (Å²) >= 11 is 1.61. The second kappa shape index (κ2) is 9.39. The molecule has 0 aliphatic carbocycles. The number of piperidine rings is 1. The number of aromatic nitrogens is 1. The van der Waals surface area contributed by atoms with Crippen molar-refractivity contribution in [2.24, 2.45) is 0 Å². The third-order valence-corrected chi connectivity index (χ3v) is 6.56. The van der Waals surface area contributed by atoms with Crippen LogP contribution in [-0.2, 0) is 17.6 Å². The first-order valence-corrected chi connectivity index (χ1v) is 11.4. The molecule has 3 heterocycles. The second-order valence-corrected chi connectivity index (χ2v) is 8.71. The predicted molar refractivity (Wildman–Crippen MR) is 114 cm³/mol. The number of urea groups is 1. The number of thiazole rings is 1. The van der Waals surface area contributed by atoms with Crippen molar-refractivity contribution in [2.75, 3.05) is 39.3 Å². The number of carbonyl (C=O) groups excluding carboxylic acids is 2. The first-order valence-electron chi connectivity index (χ1n) is 10.5. The van der Waals surface area contributed by atoms with Crippen LogP contribution in [0.1, 0.15) is 35.5 Å². The molecular formula is C22H28N4O2S. The van der Waals surface area contributed by atoms with E-state index in [1.165, 1.54) is 12.0 Å². The van der Waals surface area contributed by atoms with Gasteiger partial charge in [0, 0.05) is 51.1 Å². The molecule has 2 aliphatic rings. The van der Waals surface area contributed by atoms with Crippen LogP contribution >= 0.6 is 11.3 Å². The molecule has 0 atom stereocenters. The maximum atomic E-state index is 12.7. The van der Waals surface area contributed by atoms with Crippen LogP contribution in [0.4, 0.5) is 4.79 Å². The molecule has 29 heavy (non-hydrogen) atoms. The number of carbonyl (C=O) groups is 2. The highest BCUT2D eigenvalue weighted by Gasteiger charge is 2.28. The Kier molecular flexibility index (Phi) is 6.44. The smallest absolute Gasteiger partial charge is 0.320 e. The Bertz CT molecular complexity index is 824. The van der Waals surface area contributed by atoms with Crippen LogP contribution in [0.5, 0.6) is 0 Å². The van der Waals surface area contributed by atoms with Crippen molar-refractivity contribution in [1.29, 1.82) is 0 Å². The van der Waals surface area contributed by atoms with Crippen LogP contribution in [0.2, 0.25) is 0 Å². The highest BCUT2D eigenvalue weighted by atomic mass is 32.1. The molecule has 1 aromatic carbocycles. The summed E-state index contributed by atoms with van der Waals surface area (Å²) in [6, 6.07) is 10.4. The number of benzene rings is 1. The van der Waals surface area contributed by atoms with Gasteiger partial charge in [0.15, 0.2) is 0 Å². The molecule has 3 amide bonds. The molecule has 0 unspecified atom stereocenters. The van der Waals surface area contributed by atoms with Crippen LogP contribution in [0.3, 0.4) is 0 Å². The highest BCUT2D eigenvalue weighted by Crippen LogP contribution is 2.17. The number of hydrogen-bond acceptors (Lipinski definition) is 4. The van der Waals surface area contributed by atoms with E-state index >= 15 is 0 Å². The topological polar surface area (TPSA) is 56.8 Å². The van der Waals surface area contributed by atoms with Crippen LogP contribution in [0.15, 0.2) is 35.7 Å². The number of hydrogen-bond donors (Lipinski definition) is 0. The van der Waals surface area contributed by atoms with Crippen LogP contribution in [0.25, 0.3) is 0 Å². The van der Waals surface area contributed by atoms with Crippen molar-refractivity contribution in [2.45, 2.75) is 32.1 Å². The summed E-state index contributed by atoms with van der Waals surface area (Å²) in [7, 11) is 0. The van der Waals surface area contributed by atoms with Crippen molar-refractivity contribution in [1.82, 2.24) is 19.7 Å². The first-order chi connectivity index (χ1) is 14.2. The molecule has 7 heteroatoms. The van der Waals surface area contributed by atoms with Gasteiger partial charge < -0.3 is 14.7 Å². The van der Waals surface area contributed by atoms with Crippen molar-refractivity contribution in [3.8, 4) is 0 Å². The predicted octanol–water partition coefficient (Wildman–Crippen LogP) is 3.03. The molecule has 6 nitrogen and oxygen atoms in total. The summed E-state index contributed by atoms with van der Waals surface area (Å²) < 4.78 is 0. The fraction of sp³-hybridized carbons (Fsp3) is 0.500. The minimum absolute atomic E-state index is 0.103. The summed E-state index contributed by atoms with van der Waals surface area (Å²) in [5.74, 6) is 0.103. The molecule has 0 spiro atoms. The van der Waals surface area contributed by atoms with E-state index in [4.69, 9.17) is 0 Å². The lowest BCUT2D eigenvalue weighted by molar-refractivity contribution is -0.132. The van der Waals surface area contributed by atoms with Crippen molar-refractivity contribution in [3.63, 3.8) is 0 Å². The van der Waals surface area contributed by atoms with E-state index in [2.05, 4.69) is 17.1 Å². The molecule has 154 valence electrons. The fourth-order valence-electron chi connectivity index (χ4n) is 3.98. The average molecular weight is 413 g/mol. The fourth-order valence-corrected chi connectivity index (χ4v) is 4.81.